The van der Waals surface area contributed by atoms with Crippen LogP contribution < -0.4 is 33.2 Å². The van der Waals surface area contributed by atoms with Crippen LogP contribution in [0.15, 0.2) is 30.5 Å². The predicted octanol–water partition coefficient (Wildman–Crippen LogP) is -2.35. The molecule has 0 radical (unpaired) electrons. The second-order valence-corrected chi connectivity index (χ2v) is 8.92. The first-order valence-corrected chi connectivity index (χ1v) is 12.2. The summed E-state index contributed by atoms with van der Waals surface area (Å²) in [5.74, 6) is -5.76. The Kier molecular flexibility index (Phi) is 11.1. The predicted molar refractivity (Wildman–Crippen MR) is 139 cm³/mol. The highest BCUT2D eigenvalue weighted by atomic mass is 32.1. The quantitative estimate of drug-likeness (QED) is 0.108. The van der Waals surface area contributed by atoms with Gasteiger partial charge in [0.15, 0.2) is 0 Å². The summed E-state index contributed by atoms with van der Waals surface area (Å²) >= 11 is 4.06. The first-order chi connectivity index (χ1) is 17.9. The minimum atomic E-state index is -1.49. The number of para-hydroxylation sites is 1. The molecule has 0 bridgehead atoms. The smallest absolute Gasteiger partial charge is 0.326 e. The molecule has 0 aliphatic rings. The summed E-state index contributed by atoms with van der Waals surface area (Å²) in [5.41, 5.74) is 17.4. The van der Waals surface area contributed by atoms with Crippen molar-refractivity contribution in [2.75, 3.05) is 5.75 Å². The maximum Gasteiger partial charge on any atom is 0.326 e. The van der Waals surface area contributed by atoms with Gasteiger partial charge in [-0.05, 0) is 18.1 Å². The lowest BCUT2D eigenvalue weighted by Crippen LogP contribution is -2.58. The van der Waals surface area contributed by atoms with Crippen LogP contribution in [0.1, 0.15) is 24.8 Å². The SMILES string of the molecule is NC(=O)CCC(N)C(=O)NC(CC(N)=O)C(=O)NC(CS)C(=O)NC(Cc1c[nH]c2ccccc12)C(=O)O. The molecule has 1 heterocycles. The highest BCUT2D eigenvalue weighted by Gasteiger charge is 2.31. The first kappa shape index (κ1) is 30.1. The average molecular weight is 550 g/mol. The van der Waals surface area contributed by atoms with Crippen LogP contribution in [0.25, 0.3) is 10.9 Å². The van der Waals surface area contributed by atoms with E-state index in [1.807, 2.05) is 18.2 Å². The van der Waals surface area contributed by atoms with E-state index >= 15 is 0 Å². The maximum absolute atomic E-state index is 12.9. The van der Waals surface area contributed by atoms with Crippen molar-refractivity contribution in [1.82, 2.24) is 20.9 Å². The molecule has 206 valence electrons. The van der Waals surface area contributed by atoms with Crippen LogP contribution in [0.4, 0.5) is 0 Å². The summed E-state index contributed by atoms with van der Waals surface area (Å²) in [6.45, 7) is 0. The Morgan fingerprint density at radius 1 is 0.895 bits per heavy atom. The van der Waals surface area contributed by atoms with Gasteiger partial charge in [0.1, 0.15) is 18.1 Å². The van der Waals surface area contributed by atoms with E-state index in [1.54, 1.807) is 12.3 Å². The van der Waals surface area contributed by atoms with Gasteiger partial charge in [-0.2, -0.15) is 12.6 Å². The number of rotatable bonds is 15. The molecule has 2 rings (SSSR count). The number of hydrogen-bond acceptors (Lipinski definition) is 8. The minimum Gasteiger partial charge on any atom is -0.480 e. The lowest BCUT2D eigenvalue weighted by Gasteiger charge is -2.24. The molecule has 14 nitrogen and oxygen atoms in total. The molecule has 11 N–H and O–H groups in total. The van der Waals surface area contributed by atoms with Gasteiger partial charge in [0.2, 0.25) is 29.5 Å². The van der Waals surface area contributed by atoms with Gasteiger partial charge in [-0.15, -0.1) is 0 Å². The molecule has 0 saturated heterocycles. The third-order valence-corrected chi connectivity index (χ3v) is 5.97. The summed E-state index contributed by atoms with van der Waals surface area (Å²) in [6, 6.07) is 1.93. The lowest BCUT2D eigenvalue weighted by molar-refractivity contribution is -0.142. The fourth-order valence-electron chi connectivity index (χ4n) is 3.58. The molecule has 0 fully saturated rings. The van der Waals surface area contributed by atoms with Crippen molar-refractivity contribution in [3.8, 4) is 0 Å². The van der Waals surface area contributed by atoms with Crippen LogP contribution in [-0.4, -0.2) is 75.5 Å². The summed E-state index contributed by atoms with van der Waals surface area (Å²) in [6.07, 6.45) is 0.727. The van der Waals surface area contributed by atoms with Gasteiger partial charge in [0, 0.05) is 35.7 Å². The zero-order chi connectivity index (χ0) is 28.4. The summed E-state index contributed by atoms with van der Waals surface area (Å²) in [5, 5.41) is 17.5. The molecule has 0 aliphatic carbocycles. The van der Waals surface area contributed by atoms with Crippen LogP contribution in [0.2, 0.25) is 0 Å². The van der Waals surface area contributed by atoms with Gasteiger partial charge in [-0.1, -0.05) is 18.2 Å². The highest BCUT2D eigenvalue weighted by molar-refractivity contribution is 7.80. The van der Waals surface area contributed by atoms with Crippen LogP contribution in [0, 0.1) is 0 Å². The molecule has 0 spiro atoms. The number of thiol groups is 1. The standard InChI is InChI=1S/C23H31N7O7S/c24-13(5-6-18(25)31)20(33)28-15(8-19(26)32)21(34)30-17(10-38)22(35)29-16(23(36)37)7-11-9-27-14-4-2-1-3-12(11)14/h1-4,9,13,15-17,27,38H,5-8,10,24H2,(H2,25,31)(H2,26,32)(H,28,33)(H,29,35)(H,30,34)(H,36,37). The lowest BCUT2D eigenvalue weighted by atomic mass is 10.0. The van der Waals surface area contributed by atoms with Gasteiger partial charge in [0.25, 0.3) is 0 Å². The number of nitrogens with one attached hydrogen (secondary N) is 4. The third kappa shape index (κ3) is 8.77. The largest absolute Gasteiger partial charge is 0.480 e. The Labute approximate surface area is 222 Å². The van der Waals surface area contributed by atoms with Gasteiger partial charge in [-0.25, -0.2) is 4.79 Å². The Balaban J connectivity index is 2.08. The number of benzene rings is 1. The second kappa shape index (κ2) is 14.0. The van der Waals surface area contributed by atoms with E-state index in [4.69, 9.17) is 17.2 Å². The number of amides is 5. The highest BCUT2D eigenvalue weighted by Crippen LogP contribution is 2.19. The molecule has 15 heteroatoms. The van der Waals surface area contributed by atoms with Crippen molar-refractivity contribution in [2.45, 2.75) is 49.9 Å². The molecule has 38 heavy (non-hydrogen) atoms. The van der Waals surface area contributed by atoms with Gasteiger partial charge in [0.05, 0.1) is 12.5 Å². The molecular weight excluding hydrogens is 518 g/mol. The van der Waals surface area contributed by atoms with Gasteiger partial charge < -0.3 is 43.2 Å². The maximum atomic E-state index is 12.9. The Hall–Kier alpha value is -4.11. The Morgan fingerprint density at radius 2 is 1.50 bits per heavy atom. The van der Waals surface area contributed by atoms with Gasteiger partial charge in [-0.3, -0.25) is 24.0 Å². The van der Waals surface area contributed by atoms with Crippen LogP contribution in [0.3, 0.4) is 0 Å². The monoisotopic (exact) mass is 549 g/mol. The van der Waals surface area contributed by atoms with Crippen LogP contribution in [0.5, 0.6) is 0 Å². The van der Waals surface area contributed by atoms with E-state index in [2.05, 4.69) is 33.6 Å². The second-order valence-electron chi connectivity index (χ2n) is 8.55. The number of carboxylic acids is 1. The van der Waals surface area contributed by atoms with Crippen molar-refractivity contribution in [2.24, 2.45) is 17.2 Å². The van der Waals surface area contributed by atoms with Crippen LogP contribution in [-0.2, 0) is 35.2 Å². The molecule has 4 atom stereocenters. The molecular formula is C23H31N7O7S. The zero-order valence-corrected chi connectivity index (χ0v) is 21.2. The van der Waals surface area contributed by atoms with Crippen LogP contribution >= 0.6 is 12.6 Å². The first-order valence-electron chi connectivity index (χ1n) is 11.5. The summed E-state index contributed by atoms with van der Waals surface area (Å²) in [7, 11) is 0. The van der Waals surface area contributed by atoms with E-state index in [9.17, 15) is 33.9 Å². The molecule has 1 aromatic heterocycles. The molecule has 1 aromatic carbocycles. The van der Waals surface area contributed by atoms with Crippen molar-refractivity contribution in [3.63, 3.8) is 0 Å². The third-order valence-electron chi connectivity index (χ3n) is 5.61. The topological polar surface area (TPSA) is 253 Å². The number of H-pyrrole nitrogens is 1. The molecule has 0 aliphatic heterocycles. The van der Waals surface area contributed by atoms with E-state index in [1.165, 1.54) is 0 Å². The summed E-state index contributed by atoms with van der Waals surface area (Å²) in [4.78, 5) is 75.3. The van der Waals surface area contributed by atoms with Crippen molar-refractivity contribution < 1.29 is 33.9 Å². The molecule has 2 aromatic rings. The number of carboxylic acid groups (broad SMARTS) is 1. The van der Waals surface area contributed by atoms with Gasteiger partial charge >= 0.3 is 5.97 Å². The fraction of sp³-hybridized carbons (Fsp3) is 0.391. The Morgan fingerprint density at radius 3 is 2.11 bits per heavy atom. The minimum absolute atomic E-state index is 0.0398. The number of aliphatic carboxylic acids is 1. The Bertz CT molecular complexity index is 1200. The van der Waals surface area contributed by atoms with Crippen molar-refractivity contribution in [1.29, 1.82) is 0 Å². The number of primary amides is 2. The van der Waals surface area contributed by atoms with E-state index in [-0.39, 0.29) is 25.0 Å². The molecule has 5 amide bonds. The fourth-order valence-corrected chi connectivity index (χ4v) is 3.83. The number of nitrogens with two attached hydrogens (primary N) is 3. The number of aromatic amines is 1. The average Bonchev–Trinajstić information content (AvgIpc) is 3.27. The van der Waals surface area contributed by atoms with E-state index in [0.717, 1.165) is 10.9 Å². The molecule has 0 saturated carbocycles. The van der Waals surface area contributed by atoms with E-state index in [0.29, 0.717) is 5.56 Å². The summed E-state index contributed by atoms with van der Waals surface area (Å²) < 4.78 is 0. The van der Waals surface area contributed by atoms with Crippen molar-refractivity contribution in [3.05, 3.63) is 36.0 Å². The number of carbonyl (C=O) groups is 6. The zero-order valence-electron chi connectivity index (χ0n) is 20.3. The number of fused-ring (bicyclic) bond motifs is 1. The number of aromatic nitrogens is 1. The van der Waals surface area contributed by atoms with E-state index < -0.39 is 66.1 Å². The van der Waals surface area contributed by atoms with Crippen molar-refractivity contribution >= 4 is 59.0 Å². The molecule has 4 unspecified atom stereocenters. The number of carbonyl (C=O) groups excluding carboxylic acids is 5. The number of hydrogen-bond donors (Lipinski definition) is 9. The normalized spacial score (nSPS) is 14.1.